The van der Waals surface area contributed by atoms with Gasteiger partial charge in [-0.25, -0.2) is 9.24 Å². The average Bonchev–Trinajstić information content (AvgIpc) is 3.50. The molecule has 6 nitrogen and oxygen atoms in total. The Morgan fingerprint density at radius 1 is 1.09 bits per heavy atom. The van der Waals surface area contributed by atoms with Gasteiger partial charge in [0, 0.05) is 48.3 Å². The van der Waals surface area contributed by atoms with Gasteiger partial charge in [0.1, 0.15) is 5.82 Å². The number of nitrogens with zero attached hydrogens (tertiary/aromatic N) is 3. The predicted molar refractivity (Wildman–Crippen MR) is 137 cm³/mol. The van der Waals surface area contributed by atoms with Crippen LogP contribution in [0.25, 0.3) is 26.4 Å². The largest absolute Gasteiger partial charge is 0.391 e. The highest BCUT2D eigenvalue weighted by molar-refractivity contribution is 7.18. The van der Waals surface area contributed by atoms with E-state index in [1.54, 1.807) is 11.0 Å². The Labute approximate surface area is 208 Å². The lowest BCUT2D eigenvalue weighted by Crippen LogP contribution is -2.45. The van der Waals surface area contributed by atoms with Gasteiger partial charge >= 0.3 is 0 Å². The number of benzene rings is 2. The van der Waals surface area contributed by atoms with E-state index in [1.807, 2.05) is 30.3 Å². The number of β-amino-alcohol motifs (C(OH)–C–C–N with tert-alkyl or cyclic N) is 1. The summed E-state index contributed by atoms with van der Waals surface area (Å²) in [5.74, 6) is -0.633. The van der Waals surface area contributed by atoms with Crippen molar-refractivity contribution < 1.29 is 14.3 Å². The molecule has 2 aliphatic heterocycles. The quantitative estimate of drug-likeness (QED) is 0.510. The maximum absolute atomic E-state index is 14.5. The molecule has 0 bridgehead atoms. The summed E-state index contributed by atoms with van der Waals surface area (Å²) in [6.45, 7) is 9.78. The van der Waals surface area contributed by atoms with Crippen molar-refractivity contribution >= 4 is 28.6 Å². The molecule has 2 atom stereocenters. The Hall–Kier alpha value is -3.25. The molecule has 1 aromatic heterocycles. The van der Waals surface area contributed by atoms with Gasteiger partial charge in [-0.1, -0.05) is 24.3 Å². The van der Waals surface area contributed by atoms with Gasteiger partial charge in [-0.15, -0.1) is 11.3 Å². The molecule has 3 aromatic rings. The molecule has 1 amide bonds. The molecule has 8 heteroatoms. The number of piperidine rings is 1. The summed E-state index contributed by atoms with van der Waals surface area (Å²) >= 11 is 1.40. The first-order chi connectivity index (χ1) is 16.9. The minimum absolute atomic E-state index is 0.0153. The summed E-state index contributed by atoms with van der Waals surface area (Å²) in [4.78, 5) is 22.0. The number of hydrogen-bond donors (Lipinski definition) is 2. The molecule has 0 radical (unpaired) electrons. The first-order valence-electron chi connectivity index (χ1n) is 11.8. The highest BCUT2D eigenvalue weighted by Crippen LogP contribution is 2.41. The number of rotatable bonds is 4. The number of aliphatic hydroxyl groups excluding tert-OH is 1. The molecule has 0 unspecified atom stereocenters. The van der Waals surface area contributed by atoms with Gasteiger partial charge in [0.05, 0.1) is 17.6 Å². The lowest BCUT2D eigenvalue weighted by molar-refractivity contribution is 0.0713. The highest BCUT2D eigenvalue weighted by Gasteiger charge is 2.26. The van der Waals surface area contributed by atoms with Gasteiger partial charge in [0.15, 0.2) is 0 Å². The number of halogens is 1. The van der Waals surface area contributed by atoms with Crippen LogP contribution >= 0.6 is 11.3 Å². The molecule has 3 heterocycles. The molecule has 35 heavy (non-hydrogen) atoms. The normalized spacial score (nSPS) is 20.2. The highest BCUT2D eigenvalue weighted by atomic mass is 32.1. The lowest BCUT2D eigenvalue weighted by atomic mass is 10.0. The molecule has 2 aliphatic rings. The van der Waals surface area contributed by atoms with Crippen LogP contribution in [0.3, 0.4) is 0 Å². The number of thiophene rings is 1. The third kappa shape index (κ3) is 4.80. The summed E-state index contributed by atoms with van der Waals surface area (Å²) in [6, 6.07) is 14.4. The molecule has 5 rings (SSSR count). The number of carbonyl (C=O) groups is 1. The Kier molecular flexibility index (Phi) is 6.56. The van der Waals surface area contributed by atoms with Crippen LogP contribution in [0.5, 0.6) is 0 Å². The van der Waals surface area contributed by atoms with Crippen molar-refractivity contribution in [1.82, 2.24) is 4.90 Å². The van der Waals surface area contributed by atoms with Crippen LogP contribution in [0.4, 0.5) is 15.8 Å². The zero-order chi connectivity index (χ0) is 24.5. The van der Waals surface area contributed by atoms with E-state index in [-0.39, 0.29) is 23.7 Å². The van der Waals surface area contributed by atoms with Crippen LogP contribution in [-0.4, -0.2) is 54.2 Å². The topological polar surface area (TPSA) is 74.2 Å². The first-order valence-corrected chi connectivity index (χ1v) is 12.6. The number of amides is 1. The van der Waals surface area contributed by atoms with Crippen LogP contribution in [0.15, 0.2) is 48.5 Å². The van der Waals surface area contributed by atoms with Gasteiger partial charge in [-0.3, -0.25) is 4.79 Å². The number of likely N-dealkylation sites (tertiary alicyclic amines) is 1. The minimum Gasteiger partial charge on any atom is -0.391 e. The van der Waals surface area contributed by atoms with Gasteiger partial charge in [-0.2, -0.15) is 0 Å². The smallest absolute Gasteiger partial charge is 0.264 e. The van der Waals surface area contributed by atoms with E-state index >= 15 is 0 Å². The molecule has 0 aliphatic carbocycles. The Morgan fingerprint density at radius 3 is 2.51 bits per heavy atom. The molecular formula is C27H27FN4O2S. The summed E-state index contributed by atoms with van der Waals surface area (Å²) < 4.78 is 14.5. The molecule has 3 N–H and O–H groups in total. The Balaban J connectivity index is 1.53. The van der Waals surface area contributed by atoms with Crippen LogP contribution in [0, 0.1) is 12.4 Å². The number of carbonyl (C=O) groups excluding carboxylic acids is 1. The second-order valence-electron chi connectivity index (χ2n) is 9.22. The fraction of sp³-hybridized carbons (Fsp3) is 0.333. The standard InChI is InChI=1S/C27H27FN4O2S/c1-30-24-9-6-18(13-23(24)28)22-14-25(27(34)32-11-2-3-19(29)15-32)35-26(22)17-4-7-20(8-5-17)31-12-10-21(33)16-31/h4-9,13-14,19,21,33H,2-3,10-12,15-16,29H2/t19-,21+/m1/s1. The number of hydrogen-bond acceptors (Lipinski definition) is 5. The maximum atomic E-state index is 14.5. The van der Waals surface area contributed by atoms with Crippen molar-refractivity contribution in [3.8, 4) is 21.6 Å². The number of aliphatic hydroxyl groups is 1. The summed E-state index contributed by atoms with van der Waals surface area (Å²) in [5, 5.41) is 9.86. The second kappa shape index (κ2) is 9.78. The molecular weight excluding hydrogens is 463 g/mol. The molecule has 0 spiro atoms. The zero-order valence-corrected chi connectivity index (χ0v) is 20.1. The fourth-order valence-corrected chi connectivity index (χ4v) is 5.99. The van der Waals surface area contributed by atoms with Crippen molar-refractivity contribution in [2.75, 3.05) is 31.1 Å². The average molecular weight is 491 g/mol. The first kappa shape index (κ1) is 23.5. The monoisotopic (exact) mass is 490 g/mol. The van der Waals surface area contributed by atoms with Crippen molar-refractivity contribution in [3.05, 3.63) is 70.6 Å². The molecule has 2 aromatic carbocycles. The van der Waals surface area contributed by atoms with E-state index in [4.69, 9.17) is 12.3 Å². The third-order valence-electron chi connectivity index (χ3n) is 6.73. The summed E-state index contributed by atoms with van der Waals surface area (Å²) in [5.41, 5.74) is 9.43. The van der Waals surface area contributed by atoms with Crippen LogP contribution in [0.1, 0.15) is 28.9 Å². The fourth-order valence-electron chi connectivity index (χ4n) is 4.84. The van der Waals surface area contributed by atoms with Crippen molar-refractivity contribution in [1.29, 1.82) is 0 Å². The van der Waals surface area contributed by atoms with E-state index in [2.05, 4.69) is 9.74 Å². The van der Waals surface area contributed by atoms with E-state index in [0.29, 0.717) is 30.1 Å². The molecule has 2 saturated heterocycles. The van der Waals surface area contributed by atoms with Crippen molar-refractivity contribution in [3.63, 3.8) is 0 Å². The molecule has 180 valence electrons. The lowest BCUT2D eigenvalue weighted by Gasteiger charge is -2.30. The summed E-state index contributed by atoms with van der Waals surface area (Å²) in [6.07, 6.45) is 2.25. The van der Waals surface area contributed by atoms with Gasteiger partial charge in [-0.05, 0) is 54.7 Å². The van der Waals surface area contributed by atoms with E-state index < -0.39 is 5.82 Å². The Morgan fingerprint density at radius 2 is 1.86 bits per heavy atom. The zero-order valence-electron chi connectivity index (χ0n) is 19.3. The van der Waals surface area contributed by atoms with E-state index in [1.165, 1.54) is 23.5 Å². The van der Waals surface area contributed by atoms with E-state index in [0.717, 1.165) is 47.5 Å². The van der Waals surface area contributed by atoms with Crippen LogP contribution in [0.2, 0.25) is 0 Å². The van der Waals surface area contributed by atoms with Gasteiger partial charge in [0.25, 0.3) is 5.91 Å². The Bertz CT molecular complexity index is 1280. The van der Waals surface area contributed by atoms with Gasteiger partial charge < -0.3 is 20.6 Å². The minimum atomic E-state index is -0.576. The molecule has 0 saturated carbocycles. The van der Waals surface area contributed by atoms with Gasteiger partial charge in [0.2, 0.25) is 5.69 Å². The van der Waals surface area contributed by atoms with Crippen LogP contribution in [-0.2, 0) is 0 Å². The SMILES string of the molecule is [C-]#[N+]c1ccc(-c2cc(C(=O)N3CCC[C@@H](N)C3)sc2-c2ccc(N3CC[C@H](O)C3)cc2)cc1F. The summed E-state index contributed by atoms with van der Waals surface area (Å²) in [7, 11) is 0. The predicted octanol–water partition coefficient (Wildman–Crippen LogP) is 4.91. The number of anilines is 1. The van der Waals surface area contributed by atoms with Crippen molar-refractivity contribution in [2.24, 2.45) is 5.73 Å². The third-order valence-corrected chi connectivity index (χ3v) is 7.90. The number of nitrogens with two attached hydrogens (primary N) is 1. The maximum Gasteiger partial charge on any atom is 0.264 e. The van der Waals surface area contributed by atoms with Crippen LogP contribution < -0.4 is 10.6 Å². The van der Waals surface area contributed by atoms with E-state index in [9.17, 15) is 14.3 Å². The van der Waals surface area contributed by atoms with Crippen molar-refractivity contribution in [2.45, 2.75) is 31.4 Å². The molecule has 2 fully saturated rings. The second-order valence-corrected chi connectivity index (χ2v) is 10.3.